The molecule has 0 aliphatic carbocycles. The number of rotatable bonds is 5. The van der Waals surface area contributed by atoms with Gasteiger partial charge >= 0.3 is 0 Å². The topological polar surface area (TPSA) is 48.1 Å². The Morgan fingerprint density at radius 2 is 2.10 bits per heavy atom. The second-order valence-electron chi connectivity index (χ2n) is 5.44. The monoisotopic (exact) mass is 271 g/mol. The lowest BCUT2D eigenvalue weighted by Crippen LogP contribution is -2.28. The number of hydrogen-bond donors (Lipinski definition) is 2. The quantitative estimate of drug-likeness (QED) is 0.820. The maximum atomic E-state index is 12.1. The summed E-state index contributed by atoms with van der Waals surface area (Å²) in [5.74, 6) is 0.0227. The number of fused-ring (bicyclic) bond motifs is 1. The SMILES string of the molecule is O=C(NCCCN1CCCC1)c1ccc2[nH]ccc2c1. The zero-order chi connectivity index (χ0) is 13.8. The number of aromatic amines is 1. The van der Waals surface area contributed by atoms with Crippen molar-refractivity contribution in [1.82, 2.24) is 15.2 Å². The second-order valence-corrected chi connectivity index (χ2v) is 5.44. The first-order chi connectivity index (χ1) is 9.83. The molecule has 1 aromatic heterocycles. The molecule has 0 bridgehead atoms. The number of benzene rings is 1. The predicted molar refractivity (Wildman–Crippen MR) is 80.9 cm³/mol. The number of nitrogens with one attached hydrogen (secondary N) is 2. The Hall–Kier alpha value is -1.81. The van der Waals surface area contributed by atoms with Crippen molar-refractivity contribution in [2.24, 2.45) is 0 Å². The lowest BCUT2D eigenvalue weighted by molar-refractivity contribution is 0.0952. The summed E-state index contributed by atoms with van der Waals surface area (Å²) in [5.41, 5.74) is 1.80. The molecule has 1 aliphatic heterocycles. The van der Waals surface area contributed by atoms with E-state index in [9.17, 15) is 4.79 Å². The molecule has 2 heterocycles. The Morgan fingerprint density at radius 1 is 1.25 bits per heavy atom. The maximum Gasteiger partial charge on any atom is 0.251 e. The fourth-order valence-electron chi connectivity index (χ4n) is 2.81. The van der Waals surface area contributed by atoms with E-state index in [2.05, 4.69) is 15.2 Å². The van der Waals surface area contributed by atoms with E-state index >= 15 is 0 Å². The van der Waals surface area contributed by atoms with E-state index in [4.69, 9.17) is 0 Å². The van der Waals surface area contributed by atoms with E-state index < -0.39 is 0 Å². The lowest BCUT2D eigenvalue weighted by Gasteiger charge is -2.14. The van der Waals surface area contributed by atoms with E-state index in [0.29, 0.717) is 0 Å². The molecule has 106 valence electrons. The molecule has 3 rings (SSSR count). The summed E-state index contributed by atoms with van der Waals surface area (Å²) in [6.45, 7) is 4.29. The van der Waals surface area contributed by atoms with Crippen molar-refractivity contribution in [1.29, 1.82) is 0 Å². The van der Waals surface area contributed by atoms with Crippen molar-refractivity contribution in [3.8, 4) is 0 Å². The van der Waals surface area contributed by atoms with E-state index in [1.807, 2.05) is 30.5 Å². The minimum Gasteiger partial charge on any atom is -0.361 e. The predicted octanol–water partition coefficient (Wildman–Crippen LogP) is 2.38. The minimum atomic E-state index is 0.0227. The molecule has 0 radical (unpaired) electrons. The van der Waals surface area contributed by atoms with Crippen molar-refractivity contribution in [3.63, 3.8) is 0 Å². The van der Waals surface area contributed by atoms with Gasteiger partial charge in [-0.15, -0.1) is 0 Å². The Labute approximate surface area is 119 Å². The summed E-state index contributed by atoms with van der Waals surface area (Å²) in [5, 5.41) is 4.08. The zero-order valence-electron chi connectivity index (χ0n) is 11.7. The molecular weight excluding hydrogens is 250 g/mol. The number of hydrogen-bond acceptors (Lipinski definition) is 2. The van der Waals surface area contributed by atoms with Crippen LogP contribution in [0.1, 0.15) is 29.6 Å². The number of amides is 1. The van der Waals surface area contributed by atoms with Crippen LogP contribution >= 0.6 is 0 Å². The summed E-state index contributed by atoms with van der Waals surface area (Å²) in [6, 6.07) is 7.74. The molecule has 0 saturated carbocycles. The summed E-state index contributed by atoms with van der Waals surface area (Å²) in [7, 11) is 0. The molecule has 1 aromatic carbocycles. The van der Waals surface area contributed by atoms with Crippen molar-refractivity contribution in [3.05, 3.63) is 36.0 Å². The van der Waals surface area contributed by atoms with Crippen LogP contribution in [0.3, 0.4) is 0 Å². The number of carbonyl (C=O) groups is 1. The van der Waals surface area contributed by atoms with Gasteiger partial charge in [-0.05, 0) is 63.2 Å². The molecule has 1 fully saturated rings. The van der Waals surface area contributed by atoms with Crippen LogP contribution in [0.25, 0.3) is 10.9 Å². The fourth-order valence-corrected chi connectivity index (χ4v) is 2.81. The third-order valence-corrected chi connectivity index (χ3v) is 3.95. The van der Waals surface area contributed by atoms with Gasteiger partial charge in [0.15, 0.2) is 0 Å². The Bertz CT molecular complexity index is 584. The van der Waals surface area contributed by atoms with Gasteiger partial charge in [-0.2, -0.15) is 0 Å². The maximum absolute atomic E-state index is 12.1. The molecular formula is C16H21N3O. The first-order valence-electron chi connectivity index (χ1n) is 7.41. The van der Waals surface area contributed by atoms with Gasteiger partial charge in [0.05, 0.1) is 0 Å². The van der Waals surface area contributed by atoms with Crippen molar-refractivity contribution < 1.29 is 4.79 Å². The highest BCUT2D eigenvalue weighted by Gasteiger charge is 2.11. The zero-order valence-corrected chi connectivity index (χ0v) is 11.7. The molecule has 2 N–H and O–H groups in total. The number of aromatic nitrogens is 1. The highest BCUT2D eigenvalue weighted by molar-refractivity contribution is 5.98. The summed E-state index contributed by atoms with van der Waals surface area (Å²) in [4.78, 5) is 17.7. The van der Waals surface area contributed by atoms with E-state index in [-0.39, 0.29) is 5.91 Å². The van der Waals surface area contributed by atoms with E-state index in [1.54, 1.807) is 0 Å². The molecule has 2 aromatic rings. The molecule has 0 atom stereocenters. The number of likely N-dealkylation sites (tertiary alicyclic amines) is 1. The van der Waals surface area contributed by atoms with E-state index in [0.717, 1.165) is 36.0 Å². The van der Waals surface area contributed by atoms with E-state index in [1.165, 1.54) is 25.9 Å². The van der Waals surface area contributed by atoms with Crippen LogP contribution in [0, 0.1) is 0 Å². The van der Waals surface area contributed by atoms with Crippen LogP contribution in [-0.2, 0) is 0 Å². The third kappa shape index (κ3) is 3.02. The van der Waals surface area contributed by atoms with Crippen molar-refractivity contribution in [2.75, 3.05) is 26.2 Å². The van der Waals surface area contributed by atoms with Crippen LogP contribution < -0.4 is 5.32 Å². The summed E-state index contributed by atoms with van der Waals surface area (Å²) < 4.78 is 0. The standard InChI is InChI=1S/C16H21N3O/c20-16(18-7-3-11-19-9-1-2-10-19)14-4-5-15-13(12-14)6-8-17-15/h4-6,8,12,17H,1-3,7,9-11H2,(H,18,20). The molecule has 1 amide bonds. The van der Waals surface area contributed by atoms with Crippen LogP contribution in [-0.4, -0.2) is 42.0 Å². The van der Waals surface area contributed by atoms with Gasteiger partial charge in [-0.25, -0.2) is 0 Å². The Kier molecular flexibility index (Phi) is 4.02. The van der Waals surface area contributed by atoms with Crippen molar-refractivity contribution in [2.45, 2.75) is 19.3 Å². The molecule has 4 nitrogen and oxygen atoms in total. The van der Waals surface area contributed by atoms with Gasteiger partial charge in [-0.3, -0.25) is 4.79 Å². The normalized spacial score (nSPS) is 15.8. The summed E-state index contributed by atoms with van der Waals surface area (Å²) in [6.07, 6.45) is 5.56. The van der Waals surface area contributed by atoms with Gasteiger partial charge in [0.1, 0.15) is 0 Å². The molecule has 1 saturated heterocycles. The molecule has 20 heavy (non-hydrogen) atoms. The highest BCUT2D eigenvalue weighted by atomic mass is 16.1. The van der Waals surface area contributed by atoms with Crippen molar-refractivity contribution >= 4 is 16.8 Å². The Balaban J connectivity index is 1.48. The second kappa shape index (κ2) is 6.09. The molecule has 4 heteroatoms. The van der Waals surface area contributed by atoms with Crippen LogP contribution in [0.4, 0.5) is 0 Å². The number of carbonyl (C=O) groups excluding carboxylic acids is 1. The van der Waals surface area contributed by atoms with Crippen LogP contribution in [0.2, 0.25) is 0 Å². The van der Waals surface area contributed by atoms with Gasteiger partial charge in [0.25, 0.3) is 5.91 Å². The lowest BCUT2D eigenvalue weighted by atomic mass is 10.1. The molecule has 0 spiro atoms. The highest BCUT2D eigenvalue weighted by Crippen LogP contribution is 2.14. The molecule has 1 aliphatic rings. The third-order valence-electron chi connectivity index (χ3n) is 3.95. The van der Waals surface area contributed by atoms with Crippen LogP contribution in [0.15, 0.2) is 30.5 Å². The fraction of sp³-hybridized carbons (Fsp3) is 0.438. The smallest absolute Gasteiger partial charge is 0.251 e. The minimum absolute atomic E-state index is 0.0227. The molecule has 0 unspecified atom stereocenters. The number of nitrogens with zero attached hydrogens (tertiary/aromatic N) is 1. The average molecular weight is 271 g/mol. The average Bonchev–Trinajstić information content (AvgIpc) is 3.13. The van der Waals surface area contributed by atoms with Gasteiger partial charge < -0.3 is 15.2 Å². The first kappa shape index (κ1) is 13.2. The Morgan fingerprint density at radius 3 is 2.95 bits per heavy atom. The first-order valence-corrected chi connectivity index (χ1v) is 7.41. The largest absolute Gasteiger partial charge is 0.361 e. The van der Waals surface area contributed by atoms with Gasteiger partial charge in [0, 0.05) is 29.2 Å². The van der Waals surface area contributed by atoms with Gasteiger partial charge in [0.2, 0.25) is 0 Å². The van der Waals surface area contributed by atoms with Gasteiger partial charge in [-0.1, -0.05) is 0 Å². The number of H-pyrrole nitrogens is 1. The van der Waals surface area contributed by atoms with Crippen LogP contribution in [0.5, 0.6) is 0 Å². The summed E-state index contributed by atoms with van der Waals surface area (Å²) >= 11 is 0.